The highest BCUT2D eigenvalue weighted by Gasteiger charge is 2.08. The zero-order valence-electron chi connectivity index (χ0n) is 7.07. The van der Waals surface area contributed by atoms with Crippen molar-refractivity contribution in [1.29, 1.82) is 0 Å². The van der Waals surface area contributed by atoms with Gasteiger partial charge < -0.3 is 5.43 Å². The van der Waals surface area contributed by atoms with E-state index in [1.165, 1.54) is 4.88 Å². The third-order valence-electron chi connectivity index (χ3n) is 1.66. The zero-order valence-corrected chi connectivity index (χ0v) is 8.71. The number of rotatable bonds is 2. The van der Waals surface area contributed by atoms with Crippen molar-refractivity contribution in [2.45, 2.75) is 6.92 Å². The number of aryl methyl sites for hydroxylation is 1. The van der Waals surface area contributed by atoms with Gasteiger partial charge in [0.25, 0.3) is 0 Å². The predicted octanol–water partition coefficient (Wildman–Crippen LogP) is 2.47. The van der Waals surface area contributed by atoms with Crippen molar-refractivity contribution in [2.24, 2.45) is 5.84 Å². The summed E-state index contributed by atoms with van der Waals surface area (Å²) >= 11 is 3.27. The topological polar surface area (TPSA) is 50.9 Å². The first-order valence-corrected chi connectivity index (χ1v) is 5.49. The molecule has 0 saturated carbocycles. The van der Waals surface area contributed by atoms with Crippen LogP contribution in [-0.2, 0) is 0 Å². The maximum absolute atomic E-state index is 5.34. The molecular formula is C8H9N3S2. The van der Waals surface area contributed by atoms with E-state index in [-0.39, 0.29) is 0 Å². The average molecular weight is 211 g/mol. The molecule has 0 atom stereocenters. The van der Waals surface area contributed by atoms with E-state index >= 15 is 0 Å². The van der Waals surface area contributed by atoms with Crippen molar-refractivity contribution in [1.82, 2.24) is 4.98 Å². The molecule has 0 amide bonds. The van der Waals surface area contributed by atoms with Gasteiger partial charge in [-0.2, -0.15) is 0 Å². The number of aromatic nitrogens is 1. The minimum Gasteiger partial charge on any atom is -0.314 e. The predicted molar refractivity (Wildman–Crippen MR) is 58.0 cm³/mol. The van der Waals surface area contributed by atoms with Gasteiger partial charge in [-0.25, -0.2) is 10.8 Å². The minimum absolute atomic E-state index is 0.934. The number of nitrogens with zero attached hydrogens (tertiary/aromatic N) is 1. The van der Waals surface area contributed by atoms with Crippen molar-refractivity contribution in [3.63, 3.8) is 0 Å². The molecule has 3 nitrogen and oxygen atoms in total. The van der Waals surface area contributed by atoms with E-state index in [1.54, 1.807) is 22.7 Å². The number of hydrazine groups is 1. The molecule has 5 heteroatoms. The number of nitrogens with two attached hydrogens (primary N) is 1. The lowest BCUT2D eigenvalue weighted by atomic mass is 10.5. The zero-order chi connectivity index (χ0) is 9.26. The van der Waals surface area contributed by atoms with Gasteiger partial charge in [-0.05, 0) is 18.4 Å². The maximum atomic E-state index is 5.34. The fourth-order valence-corrected chi connectivity index (χ4v) is 2.71. The van der Waals surface area contributed by atoms with Crippen molar-refractivity contribution in [3.8, 4) is 9.88 Å². The summed E-state index contributed by atoms with van der Waals surface area (Å²) in [6.45, 7) is 1.95. The third-order valence-corrected chi connectivity index (χ3v) is 3.79. The molecule has 0 radical (unpaired) electrons. The highest BCUT2D eigenvalue weighted by Crippen LogP contribution is 2.33. The highest BCUT2D eigenvalue weighted by molar-refractivity contribution is 7.23. The Morgan fingerprint density at radius 2 is 2.38 bits per heavy atom. The van der Waals surface area contributed by atoms with Gasteiger partial charge in [0.1, 0.15) is 10.0 Å². The molecule has 0 aliphatic rings. The van der Waals surface area contributed by atoms with E-state index < -0.39 is 0 Å². The fraction of sp³-hybridized carbons (Fsp3) is 0.125. The van der Waals surface area contributed by atoms with E-state index in [1.807, 2.05) is 18.4 Å². The smallest absolute Gasteiger partial charge is 0.135 e. The van der Waals surface area contributed by atoms with Crippen LogP contribution in [0.5, 0.6) is 0 Å². The Bertz CT molecular complexity index is 391. The number of hydrogen-bond donors (Lipinski definition) is 2. The average Bonchev–Trinajstić information content (AvgIpc) is 2.71. The molecule has 0 aromatic carbocycles. The van der Waals surface area contributed by atoms with E-state index in [9.17, 15) is 0 Å². The minimum atomic E-state index is 0.934. The van der Waals surface area contributed by atoms with Crippen LogP contribution in [0.3, 0.4) is 0 Å². The summed E-state index contributed by atoms with van der Waals surface area (Å²) in [4.78, 5) is 5.60. The summed E-state index contributed by atoms with van der Waals surface area (Å²) in [5.74, 6) is 5.34. The lowest BCUT2D eigenvalue weighted by Crippen LogP contribution is -2.05. The first-order valence-electron chi connectivity index (χ1n) is 3.79. The van der Waals surface area contributed by atoms with Gasteiger partial charge in [0.15, 0.2) is 0 Å². The summed E-state index contributed by atoms with van der Waals surface area (Å²) in [5, 5.41) is 4.01. The van der Waals surface area contributed by atoms with E-state index in [4.69, 9.17) is 5.84 Å². The van der Waals surface area contributed by atoms with Crippen LogP contribution in [0.1, 0.15) is 5.69 Å². The van der Waals surface area contributed by atoms with Crippen LogP contribution in [-0.4, -0.2) is 4.98 Å². The van der Waals surface area contributed by atoms with Gasteiger partial charge in [-0.15, -0.1) is 11.3 Å². The standard InChI is InChI=1S/C8H9N3S2/c1-5-7(11-9)13-8(10-5)6-3-2-4-12-6/h2-4,11H,9H2,1H3. The quantitative estimate of drug-likeness (QED) is 0.592. The SMILES string of the molecule is Cc1nc(-c2cccs2)sc1NN. The molecular weight excluding hydrogens is 202 g/mol. The second-order valence-electron chi connectivity index (χ2n) is 2.56. The molecule has 2 heterocycles. The fourth-order valence-electron chi connectivity index (χ4n) is 1.04. The lowest BCUT2D eigenvalue weighted by molar-refractivity contribution is 1.24. The van der Waals surface area contributed by atoms with Gasteiger partial charge in [0, 0.05) is 0 Å². The number of thiophene rings is 1. The summed E-state index contributed by atoms with van der Waals surface area (Å²) in [6, 6.07) is 4.08. The summed E-state index contributed by atoms with van der Waals surface area (Å²) < 4.78 is 0. The van der Waals surface area contributed by atoms with Gasteiger partial charge in [0.05, 0.1) is 10.6 Å². The van der Waals surface area contributed by atoms with E-state index in [0.717, 1.165) is 15.7 Å². The van der Waals surface area contributed by atoms with Crippen molar-refractivity contribution in [2.75, 3.05) is 5.43 Å². The van der Waals surface area contributed by atoms with Gasteiger partial charge in [0.2, 0.25) is 0 Å². The second-order valence-corrected chi connectivity index (χ2v) is 4.50. The molecule has 2 rings (SSSR count). The summed E-state index contributed by atoms with van der Waals surface area (Å²) in [5.41, 5.74) is 3.59. The molecule has 0 fully saturated rings. The van der Waals surface area contributed by atoms with Gasteiger partial charge in [-0.3, -0.25) is 0 Å². The molecule has 0 spiro atoms. The van der Waals surface area contributed by atoms with Crippen LogP contribution in [0.4, 0.5) is 5.00 Å². The van der Waals surface area contributed by atoms with Crippen molar-refractivity contribution >= 4 is 27.7 Å². The first kappa shape index (κ1) is 8.68. The highest BCUT2D eigenvalue weighted by atomic mass is 32.1. The number of hydrogen-bond acceptors (Lipinski definition) is 5. The van der Waals surface area contributed by atoms with Crippen LogP contribution in [0.15, 0.2) is 17.5 Å². The third kappa shape index (κ3) is 1.58. The molecule has 0 aliphatic carbocycles. The van der Waals surface area contributed by atoms with Crippen LogP contribution < -0.4 is 11.3 Å². The molecule has 0 bridgehead atoms. The van der Waals surface area contributed by atoms with Crippen LogP contribution in [0.25, 0.3) is 9.88 Å². The van der Waals surface area contributed by atoms with Gasteiger partial charge >= 0.3 is 0 Å². The second kappa shape index (κ2) is 3.45. The largest absolute Gasteiger partial charge is 0.314 e. The molecule has 0 aliphatic heterocycles. The summed E-state index contributed by atoms with van der Waals surface area (Å²) in [6.07, 6.45) is 0. The normalized spacial score (nSPS) is 10.3. The molecule has 0 unspecified atom stereocenters. The van der Waals surface area contributed by atoms with Gasteiger partial charge in [-0.1, -0.05) is 17.4 Å². The molecule has 13 heavy (non-hydrogen) atoms. The monoisotopic (exact) mass is 211 g/mol. The lowest BCUT2D eigenvalue weighted by Gasteiger charge is -1.90. The van der Waals surface area contributed by atoms with E-state index in [0.29, 0.717) is 0 Å². The Balaban J connectivity index is 2.43. The Labute approximate surface area is 84.2 Å². The molecule has 68 valence electrons. The molecule has 2 aromatic rings. The van der Waals surface area contributed by atoms with Crippen molar-refractivity contribution in [3.05, 3.63) is 23.2 Å². The van der Waals surface area contributed by atoms with Crippen LogP contribution in [0, 0.1) is 6.92 Å². The summed E-state index contributed by atoms with van der Waals surface area (Å²) in [7, 11) is 0. The Hall–Kier alpha value is -0.910. The van der Waals surface area contributed by atoms with Crippen LogP contribution in [0.2, 0.25) is 0 Å². The number of thiazole rings is 1. The first-order chi connectivity index (χ1) is 6.31. The molecule has 3 N–H and O–H groups in total. The van der Waals surface area contributed by atoms with Crippen LogP contribution >= 0.6 is 22.7 Å². The van der Waals surface area contributed by atoms with Crippen molar-refractivity contribution < 1.29 is 0 Å². The number of anilines is 1. The Kier molecular flexibility index (Phi) is 2.30. The Morgan fingerprint density at radius 3 is 2.92 bits per heavy atom. The molecule has 0 saturated heterocycles. The number of nitrogens with one attached hydrogen (secondary N) is 1. The molecule has 2 aromatic heterocycles. The Morgan fingerprint density at radius 1 is 1.54 bits per heavy atom. The maximum Gasteiger partial charge on any atom is 0.135 e. The number of nitrogen functional groups attached to an aromatic ring is 1. The van der Waals surface area contributed by atoms with E-state index in [2.05, 4.69) is 16.5 Å².